The lowest BCUT2D eigenvalue weighted by Crippen LogP contribution is -2.55. The molecular formula is C17H27FN2O. The fourth-order valence-corrected chi connectivity index (χ4v) is 3.02. The number of halogens is 1. The first-order valence-electron chi connectivity index (χ1n) is 7.97. The number of nitrogens with zero attached hydrogens (tertiary/aromatic N) is 1. The Labute approximate surface area is 127 Å². The van der Waals surface area contributed by atoms with Gasteiger partial charge in [-0.3, -0.25) is 4.90 Å². The number of hydrogen-bond donors (Lipinski definition) is 1. The maximum atomic E-state index is 14.2. The molecule has 0 bridgehead atoms. The number of hydrogen-bond acceptors (Lipinski definition) is 3. The lowest BCUT2D eigenvalue weighted by molar-refractivity contribution is 0.112. The summed E-state index contributed by atoms with van der Waals surface area (Å²) in [6.45, 7) is 7.08. The lowest BCUT2D eigenvalue weighted by Gasteiger charge is -2.40. The molecule has 21 heavy (non-hydrogen) atoms. The zero-order chi connectivity index (χ0) is 15.2. The van der Waals surface area contributed by atoms with Crippen molar-refractivity contribution >= 4 is 0 Å². The van der Waals surface area contributed by atoms with Crippen molar-refractivity contribution in [2.24, 2.45) is 0 Å². The summed E-state index contributed by atoms with van der Waals surface area (Å²) in [5.41, 5.74) is 0.758. The van der Waals surface area contributed by atoms with Crippen LogP contribution in [0.15, 0.2) is 18.2 Å². The van der Waals surface area contributed by atoms with Crippen molar-refractivity contribution in [1.29, 1.82) is 0 Å². The average molecular weight is 294 g/mol. The van der Waals surface area contributed by atoms with E-state index in [0.29, 0.717) is 24.4 Å². The molecule has 3 nitrogen and oxygen atoms in total. The van der Waals surface area contributed by atoms with Gasteiger partial charge in [0, 0.05) is 43.3 Å². The van der Waals surface area contributed by atoms with Gasteiger partial charge < -0.3 is 10.1 Å². The largest absolute Gasteiger partial charge is 0.497 e. The second-order valence-corrected chi connectivity index (χ2v) is 5.84. The first kappa shape index (κ1) is 16.2. The van der Waals surface area contributed by atoms with Gasteiger partial charge in [-0.1, -0.05) is 26.3 Å². The van der Waals surface area contributed by atoms with E-state index in [0.717, 1.165) is 37.9 Å². The van der Waals surface area contributed by atoms with Crippen LogP contribution in [0.3, 0.4) is 0 Å². The van der Waals surface area contributed by atoms with E-state index in [1.807, 2.05) is 12.1 Å². The Balaban J connectivity index is 2.09. The van der Waals surface area contributed by atoms with Crippen LogP contribution in [0.5, 0.6) is 5.75 Å². The predicted molar refractivity (Wildman–Crippen MR) is 84.1 cm³/mol. The summed E-state index contributed by atoms with van der Waals surface area (Å²) in [6.07, 6.45) is 3.42. The van der Waals surface area contributed by atoms with Gasteiger partial charge in [0.25, 0.3) is 0 Å². The van der Waals surface area contributed by atoms with E-state index < -0.39 is 0 Å². The van der Waals surface area contributed by atoms with Crippen LogP contribution in [0.2, 0.25) is 0 Å². The van der Waals surface area contributed by atoms with E-state index in [9.17, 15) is 4.39 Å². The van der Waals surface area contributed by atoms with Gasteiger partial charge in [0.2, 0.25) is 0 Å². The summed E-state index contributed by atoms with van der Waals surface area (Å²) in [6, 6.07) is 6.18. The molecule has 0 amide bonds. The third-order valence-corrected chi connectivity index (χ3v) is 4.36. The van der Waals surface area contributed by atoms with Gasteiger partial charge in [-0.2, -0.15) is 0 Å². The van der Waals surface area contributed by atoms with Gasteiger partial charge >= 0.3 is 0 Å². The lowest BCUT2D eigenvalue weighted by atomic mass is 10.0. The molecule has 4 heteroatoms. The summed E-state index contributed by atoms with van der Waals surface area (Å²) in [7, 11) is 1.56. The molecule has 1 aromatic rings. The molecule has 0 spiro atoms. The van der Waals surface area contributed by atoms with Crippen LogP contribution in [0.4, 0.5) is 4.39 Å². The van der Waals surface area contributed by atoms with Crippen LogP contribution in [0.25, 0.3) is 0 Å². The zero-order valence-corrected chi connectivity index (χ0v) is 13.4. The first-order chi connectivity index (χ1) is 10.2. The summed E-state index contributed by atoms with van der Waals surface area (Å²) >= 11 is 0. The number of piperazine rings is 1. The summed E-state index contributed by atoms with van der Waals surface area (Å²) < 4.78 is 19.2. The number of rotatable bonds is 6. The molecule has 118 valence electrons. The smallest absolute Gasteiger partial charge is 0.131 e. The van der Waals surface area contributed by atoms with Gasteiger partial charge in [0.05, 0.1) is 7.11 Å². The number of nitrogens with one attached hydrogen (secondary N) is 1. The van der Waals surface area contributed by atoms with Crippen molar-refractivity contribution in [2.75, 3.05) is 20.2 Å². The Bertz CT molecular complexity index is 452. The van der Waals surface area contributed by atoms with Gasteiger partial charge in [-0.05, 0) is 18.9 Å². The monoisotopic (exact) mass is 294 g/mol. The zero-order valence-electron chi connectivity index (χ0n) is 13.4. The van der Waals surface area contributed by atoms with Gasteiger partial charge in [0.1, 0.15) is 11.6 Å². The van der Waals surface area contributed by atoms with E-state index in [1.54, 1.807) is 7.11 Å². The normalized spacial score (nSPS) is 23.2. The Morgan fingerprint density at radius 3 is 2.81 bits per heavy atom. The molecule has 2 atom stereocenters. The van der Waals surface area contributed by atoms with Crippen molar-refractivity contribution in [3.8, 4) is 5.75 Å². The standard InChI is InChI=1S/C17H27FN2O/c1-4-6-15-10-19-14(5-2)12-20(15)11-13-7-8-16(21-3)9-17(13)18/h7-9,14-15,19H,4-6,10-12H2,1-3H3. The minimum absolute atomic E-state index is 0.170. The predicted octanol–water partition coefficient (Wildman–Crippen LogP) is 3.19. The molecule has 2 rings (SSSR count). The molecule has 0 saturated carbocycles. The second kappa shape index (κ2) is 7.76. The molecule has 0 radical (unpaired) electrons. The average Bonchev–Trinajstić information content (AvgIpc) is 2.51. The maximum absolute atomic E-state index is 14.2. The highest BCUT2D eigenvalue weighted by atomic mass is 19.1. The number of methoxy groups -OCH3 is 1. The van der Waals surface area contributed by atoms with E-state index in [2.05, 4.69) is 24.1 Å². The topological polar surface area (TPSA) is 24.5 Å². The van der Waals surface area contributed by atoms with Crippen molar-refractivity contribution in [2.45, 2.75) is 51.7 Å². The molecule has 2 unspecified atom stereocenters. The van der Waals surface area contributed by atoms with Crippen LogP contribution in [-0.4, -0.2) is 37.2 Å². The molecular weight excluding hydrogens is 267 g/mol. The van der Waals surface area contributed by atoms with Gasteiger partial charge in [-0.25, -0.2) is 4.39 Å². The molecule has 1 aromatic carbocycles. The fraction of sp³-hybridized carbons (Fsp3) is 0.647. The van der Waals surface area contributed by atoms with E-state index in [1.165, 1.54) is 6.07 Å². The van der Waals surface area contributed by atoms with Crippen LogP contribution in [0, 0.1) is 5.82 Å². The van der Waals surface area contributed by atoms with Gasteiger partial charge in [0.15, 0.2) is 0 Å². The van der Waals surface area contributed by atoms with Crippen molar-refractivity contribution in [3.05, 3.63) is 29.6 Å². The molecule has 1 saturated heterocycles. The Kier molecular flexibility index (Phi) is 6.00. The molecule has 1 aliphatic heterocycles. The van der Waals surface area contributed by atoms with E-state index in [4.69, 9.17) is 4.74 Å². The highest BCUT2D eigenvalue weighted by Gasteiger charge is 2.26. The Morgan fingerprint density at radius 2 is 2.19 bits per heavy atom. The number of benzene rings is 1. The molecule has 1 N–H and O–H groups in total. The summed E-state index contributed by atoms with van der Waals surface area (Å²) in [5, 5.41) is 3.60. The highest BCUT2D eigenvalue weighted by Crippen LogP contribution is 2.21. The quantitative estimate of drug-likeness (QED) is 0.872. The van der Waals surface area contributed by atoms with Crippen LogP contribution in [-0.2, 0) is 6.54 Å². The summed E-state index contributed by atoms with van der Waals surface area (Å²) in [5.74, 6) is 0.407. The van der Waals surface area contributed by atoms with E-state index >= 15 is 0 Å². The van der Waals surface area contributed by atoms with Crippen molar-refractivity contribution in [1.82, 2.24) is 10.2 Å². The maximum Gasteiger partial charge on any atom is 0.131 e. The Hall–Kier alpha value is -1.13. The van der Waals surface area contributed by atoms with Crippen LogP contribution in [0.1, 0.15) is 38.7 Å². The van der Waals surface area contributed by atoms with Gasteiger partial charge in [-0.15, -0.1) is 0 Å². The van der Waals surface area contributed by atoms with Crippen molar-refractivity contribution < 1.29 is 9.13 Å². The minimum atomic E-state index is -0.170. The summed E-state index contributed by atoms with van der Waals surface area (Å²) in [4.78, 5) is 2.43. The minimum Gasteiger partial charge on any atom is -0.497 e. The molecule has 1 heterocycles. The molecule has 1 fully saturated rings. The first-order valence-corrected chi connectivity index (χ1v) is 7.97. The SMILES string of the molecule is CCCC1CNC(CC)CN1Cc1ccc(OC)cc1F. The molecule has 1 aliphatic rings. The fourth-order valence-electron chi connectivity index (χ4n) is 3.02. The number of ether oxygens (including phenoxy) is 1. The van der Waals surface area contributed by atoms with Crippen LogP contribution < -0.4 is 10.1 Å². The molecule has 0 aromatic heterocycles. The third kappa shape index (κ3) is 4.17. The van der Waals surface area contributed by atoms with Crippen molar-refractivity contribution in [3.63, 3.8) is 0 Å². The van der Waals surface area contributed by atoms with Crippen LogP contribution >= 0.6 is 0 Å². The molecule has 0 aliphatic carbocycles. The van der Waals surface area contributed by atoms with E-state index in [-0.39, 0.29) is 5.82 Å². The second-order valence-electron chi connectivity index (χ2n) is 5.84. The Morgan fingerprint density at radius 1 is 1.38 bits per heavy atom. The highest BCUT2D eigenvalue weighted by molar-refractivity contribution is 5.29. The third-order valence-electron chi connectivity index (χ3n) is 4.36.